The SMILES string of the molecule is CCc1cccc(Nc2nc(SC)ccc2C)c1. The van der Waals surface area contributed by atoms with Crippen molar-refractivity contribution in [3.8, 4) is 0 Å². The molecule has 94 valence electrons. The van der Waals surface area contributed by atoms with Crippen molar-refractivity contribution in [2.75, 3.05) is 11.6 Å². The van der Waals surface area contributed by atoms with Crippen LogP contribution in [0.1, 0.15) is 18.1 Å². The predicted molar refractivity (Wildman–Crippen MR) is 79.9 cm³/mol. The van der Waals surface area contributed by atoms with E-state index < -0.39 is 0 Å². The Hall–Kier alpha value is -1.48. The molecule has 0 saturated heterocycles. The van der Waals surface area contributed by atoms with E-state index in [9.17, 15) is 0 Å². The number of nitrogens with one attached hydrogen (secondary N) is 1. The zero-order chi connectivity index (χ0) is 13.0. The van der Waals surface area contributed by atoms with Gasteiger partial charge in [-0.3, -0.25) is 0 Å². The van der Waals surface area contributed by atoms with E-state index in [2.05, 4.69) is 54.5 Å². The Morgan fingerprint density at radius 3 is 2.78 bits per heavy atom. The van der Waals surface area contributed by atoms with E-state index in [-0.39, 0.29) is 0 Å². The number of aryl methyl sites for hydroxylation is 2. The Kier molecular flexibility index (Phi) is 4.26. The first-order valence-electron chi connectivity index (χ1n) is 6.10. The molecule has 0 atom stereocenters. The highest BCUT2D eigenvalue weighted by atomic mass is 32.2. The molecule has 0 spiro atoms. The summed E-state index contributed by atoms with van der Waals surface area (Å²) in [6.45, 7) is 4.24. The van der Waals surface area contributed by atoms with Crippen LogP contribution in [0.4, 0.5) is 11.5 Å². The largest absolute Gasteiger partial charge is 0.340 e. The number of hydrogen-bond acceptors (Lipinski definition) is 3. The predicted octanol–water partition coefficient (Wildman–Crippen LogP) is 4.42. The van der Waals surface area contributed by atoms with E-state index in [0.29, 0.717) is 0 Å². The van der Waals surface area contributed by atoms with Gasteiger partial charge in [-0.1, -0.05) is 25.1 Å². The van der Waals surface area contributed by atoms with Crippen molar-refractivity contribution in [3.05, 3.63) is 47.5 Å². The maximum absolute atomic E-state index is 4.59. The summed E-state index contributed by atoms with van der Waals surface area (Å²) in [4.78, 5) is 4.59. The summed E-state index contributed by atoms with van der Waals surface area (Å²) >= 11 is 1.66. The lowest BCUT2D eigenvalue weighted by Crippen LogP contribution is -1.97. The molecule has 0 unspecified atom stereocenters. The van der Waals surface area contributed by atoms with Crippen LogP contribution in [0.15, 0.2) is 41.4 Å². The van der Waals surface area contributed by atoms with E-state index >= 15 is 0 Å². The molecule has 0 amide bonds. The van der Waals surface area contributed by atoms with Gasteiger partial charge in [0.15, 0.2) is 0 Å². The van der Waals surface area contributed by atoms with Gasteiger partial charge in [0.25, 0.3) is 0 Å². The molecule has 1 N–H and O–H groups in total. The summed E-state index contributed by atoms with van der Waals surface area (Å²) in [5, 5.41) is 4.43. The Labute approximate surface area is 113 Å². The first-order chi connectivity index (χ1) is 8.72. The fourth-order valence-corrected chi connectivity index (χ4v) is 2.14. The van der Waals surface area contributed by atoms with E-state index in [1.165, 1.54) is 5.56 Å². The molecule has 0 saturated carbocycles. The van der Waals surface area contributed by atoms with E-state index in [0.717, 1.165) is 28.5 Å². The summed E-state index contributed by atoms with van der Waals surface area (Å²) in [7, 11) is 0. The molecule has 0 fully saturated rings. The Balaban J connectivity index is 2.27. The van der Waals surface area contributed by atoms with Crippen LogP contribution in [0.2, 0.25) is 0 Å². The number of rotatable bonds is 4. The molecule has 2 nitrogen and oxygen atoms in total. The minimum absolute atomic E-state index is 0.940. The van der Waals surface area contributed by atoms with Gasteiger partial charge in [-0.2, -0.15) is 0 Å². The van der Waals surface area contributed by atoms with Gasteiger partial charge in [-0.25, -0.2) is 4.98 Å². The monoisotopic (exact) mass is 258 g/mol. The maximum Gasteiger partial charge on any atom is 0.134 e. The number of thioether (sulfide) groups is 1. The van der Waals surface area contributed by atoms with Gasteiger partial charge in [0.05, 0.1) is 5.03 Å². The van der Waals surface area contributed by atoms with Crippen molar-refractivity contribution in [3.63, 3.8) is 0 Å². The Morgan fingerprint density at radius 2 is 2.06 bits per heavy atom. The fourth-order valence-electron chi connectivity index (χ4n) is 1.76. The molecule has 0 bridgehead atoms. The number of aromatic nitrogens is 1. The maximum atomic E-state index is 4.59. The Morgan fingerprint density at radius 1 is 1.22 bits per heavy atom. The standard InChI is InChI=1S/C15H18N2S/c1-4-12-6-5-7-13(10-12)16-15-11(2)8-9-14(17-15)18-3/h5-10H,4H2,1-3H3,(H,16,17). The molecular weight excluding hydrogens is 240 g/mol. The van der Waals surface area contributed by atoms with Crippen molar-refractivity contribution >= 4 is 23.3 Å². The van der Waals surface area contributed by atoms with Crippen LogP contribution in [0.3, 0.4) is 0 Å². The smallest absolute Gasteiger partial charge is 0.134 e. The van der Waals surface area contributed by atoms with E-state index in [1.54, 1.807) is 11.8 Å². The number of pyridine rings is 1. The second kappa shape index (κ2) is 5.91. The average Bonchev–Trinajstić information content (AvgIpc) is 2.41. The van der Waals surface area contributed by atoms with Gasteiger partial charge in [-0.15, -0.1) is 11.8 Å². The van der Waals surface area contributed by atoms with Gasteiger partial charge in [-0.05, 0) is 48.9 Å². The number of benzene rings is 1. The molecule has 1 aromatic carbocycles. The second-order valence-electron chi connectivity index (χ2n) is 4.20. The third kappa shape index (κ3) is 3.05. The molecule has 2 aromatic rings. The van der Waals surface area contributed by atoms with Gasteiger partial charge in [0.2, 0.25) is 0 Å². The third-order valence-electron chi connectivity index (χ3n) is 2.88. The number of nitrogens with zero attached hydrogens (tertiary/aromatic N) is 1. The molecular formula is C15H18N2S. The number of hydrogen-bond donors (Lipinski definition) is 1. The lowest BCUT2D eigenvalue weighted by Gasteiger charge is -2.10. The normalized spacial score (nSPS) is 10.4. The highest BCUT2D eigenvalue weighted by Crippen LogP contribution is 2.22. The first-order valence-corrected chi connectivity index (χ1v) is 7.33. The summed E-state index contributed by atoms with van der Waals surface area (Å²) in [6.07, 6.45) is 3.09. The highest BCUT2D eigenvalue weighted by Gasteiger charge is 2.03. The highest BCUT2D eigenvalue weighted by molar-refractivity contribution is 7.98. The summed E-state index contributed by atoms with van der Waals surface area (Å²) < 4.78 is 0. The average molecular weight is 258 g/mol. The van der Waals surface area contributed by atoms with Crippen molar-refractivity contribution in [2.24, 2.45) is 0 Å². The molecule has 0 aliphatic heterocycles. The van der Waals surface area contributed by atoms with Crippen LogP contribution in [-0.4, -0.2) is 11.2 Å². The third-order valence-corrected chi connectivity index (χ3v) is 3.52. The zero-order valence-electron chi connectivity index (χ0n) is 11.0. The molecule has 0 aliphatic rings. The number of anilines is 2. The topological polar surface area (TPSA) is 24.9 Å². The lowest BCUT2D eigenvalue weighted by atomic mass is 10.1. The molecule has 2 rings (SSSR count). The molecule has 0 aliphatic carbocycles. The van der Waals surface area contributed by atoms with Crippen LogP contribution in [0, 0.1) is 6.92 Å². The van der Waals surface area contributed by atoms with Crippen LogP contribution < -0.4 is 5.32 Å². The first kappa shape index (κ1) is 13.0. The van der Waals surface area contributed by atoms with Crippen molar-refractivity contribution in [1.82, 2.24) is 4.98 Å². The lowest BCUT2D eigenvalue weighted by molar-refractivity contribution is 1.11. The summed E-state index contributed by atoms with van der Waals surface area (Å²) in [5.41, 5.74) is 3.59. The zero-order valence-corrected chi connectivity index (χ0v) is 11.8. The van der Waals surface area contributed by atoms with Gasteiger partial charge < -0.3 is 5.32 Å². The Bertz CT molecular complexity index is 538. The van der Waals surface area contributed by atoms with Crippen LogP contribution in [0.5, 0.6) is 0 Å². The van der Waals surface area contributed by atoms with Crippen molar-refractivity contribution in [2.45, 2.75) is 25.3 Å². The minimum Gasteiger partial charge on any atom is -0.340 e. The minimum atomic E-state index is 0.940. The summed E-state index contributed by atoms with van der Waals surface area (Å²) in [5.74, 6) is 0.940. The second-order valence-corrected chi connectivity index (χ2v) is 5.02. The van der Waals surface area contributed by atoms with Gasteiger partial charge in [0, 0.05) is 5.69 Å². The molecule has 1 aromatic heterocycles. The van der Waals surface area contributed by atoms with Crippen molar-refractivity contribution < 1.29 is 0 Å². The van der Waals surface area contributed by atoms with E-state index in [4.69, 9.17) is 0 Å². The molecule has 1 heterocycles. The van der Waals surface area contributed by atoms with Gasteiger partial charge in [0.1, 0.15) is 5.82 Å². The van der Waals surface area contributed by atoms with Crippen LogP contribution >= 0.6 is 11.8 Å². The van der Waals surface area contributed by atoms with Crippen LogP contribution in [-0.2, 0) is 6.42 Å². The van der Waals surface area contributed by atoms with Gasteiger partial charge >= 0.3 is 0 Å². The molecule has 3 heteroatoms. The fraction of sp³-hybridized carbons (Fsp3) is 0.267. The molecule has 18 heavy (non-hydrogen) atoms. The van der Waals surface area contributed by atoms with Crippen molar-refractivity contribution in [1.29, 1.82) is 0 Å². The molecule has 0 radical (unpaired) electrons. The summed E-state index contributed by atoms with van der Waals surface area (Å²) in [6, 6.07) is 12.6. The van der Waals surface area contributed by atoms with Crippen LogP contribution in [0.25, 0.3) is 0 Å². The van der Waals surface area contributed by atoms with E-state index in [1.807, 2.05) is 12.3 Å². The quantitative estimate of drug-likeness (QED) is 0.822.